The molecule has 114 valence electrons. The first-order valence-electron chi connectivity index (χ1n) is 7.00. The van der Waals surface area contributed by atoms with E-state index < -0.39 is 12.1 Å². The van der Waals surface area contributed by atoms with Gasteiger partial charge in [-0.15, -0.1) is 0 Å². The van der Waals surface area contributed by atoms with Gasteiger partial charge in [-0.05, 0) is 24.1 Å². The maximum absolute atomic E-state index is 10.8. The molecule has 1 fully saturated rings. The number of aryl methyl sites for hydroxylation is 1. The van der Waals surface area contributed by atoms with Crippen LogP contribution in [0.15, 0.2) is 24.3 Å². The van der Waals surface area contributed by atoms with E-state index in [-0.39, 0.29) is 12.5 Å². The van der Waals surface area contributed by atoms with Crippen molar-refractivity contribution < 1.29 is 24.5 Å². The lowest BCUT2D eigenvalue weighted by Gasteiger charge is -2.30. The molecule has 0 saturated carbocycles. The van der Waals surface area contributed by atoms with E-state index in [0.717, 1.165) is 5.56 Å². The Morgan fingerprint density at radius 2 is 1.95 bits per heavy atom. The minimum atomic E-state index is -0.885. The third kappa shape index (κ3) is 4.66. The molecule has 1 heterocycles. The van der Waals surface area contributed by atoms with Gasteiger partial charge in [0.15, 0.2) is 0 Å². The SMILES string of the molecule is O=C(O)CCc1cccc(OC2CCN(C(=O)O)CC2)c1. The number of carbonyl (C=O) groups is 2. The molecule has 0 aliphatic carbocycles. The quantitative estimate of drug-likeness (QED) is 0.869. The summed E-state index contributed by atoms with van der Waals surface area (Å²) in [5.41, 5.74) is 0.929. The molecule has 1 saturated heterocycles. The Balaban J connectivity index is 1.87. The van der Waals surface area contributed by atoms with Crippen LogP contribution in [-0.2, 0) is 11.2 Å². The summed E-state index contributed by atoms with van der Waals surface area (Å²) >= 11 is 0. The monoisotopic (exact) mass is 293 g/mol. The van der Waals surface area contributed by atoms with Crippen LogP contribution in [0.5, 0.6) is 5.75 Å². The van der Waals surface area contributed by atoms with Crippen LogP contribution in [-0.4, -0.2) is 46.4 Å². The van der Waals surface area contributed by atoms with Gasteiger partial charge < -0.3 is 19.8 Å². The molecule has 6 heteroatoms. The topological polar surface area (TPSA) is 87.1 Å². The second-order valence-electron chi connectivity index (χ2n) is 5.13. The second kappa shape index (κ2) is 6.97. The molecule has 6 nitrogen and oxygen atoms in total. The highest BCUT2D eigenvalue weighted by atomic mass is 16.5. The predicted octanol–water partition coefficient (Wildman–Crippen LogP) is 2.23. The molecule has 0 unspecified atom stereocenters. The van der Waals surface area contributed by atoms with Gasteiger partial charge in [0.1, 0.15) is 11.9 Å². The highest BCUT2D eigenvalue weighted by Crippen LogP contribution is 2.20. The minimum absolute atomic E-state index is 0.00956. The van der Waals surface area contributed by atoms with E-state index in [0.29, 0.717) is 38.1 Å². The van der Waals surface area contributed by atoms with E-state index in [2.05, 4.69) is 0 Å². The molecule has 21 heavy (non-hydrogen) atoms. The fourth-order valence-corrected chi connectivity index (χ4v) is 2.38. The molecule has 1 amide bonds. The number of aliphatic carboxylic acids is 1. The number of hydrogen-bond acceptors (Lipinski definition) is 3. The van der Waals surface area contributed by atoms with Gasteiger partial charge in [0.2, 0.25) is 0 Å². The molecular weight excluding hydrogens is 274 g/mol. The van der Waals surface area contributed by atoms with Gasteiger partial charge in [0.25, 0.3) is 0 Å². The van der Waals surface area contributed by atoms with Crippen molar-refractivity contribution in [2.24, 2.45) is 0 Å². The Morgan fingerprint density at radius 3 is 2.57 bits per heavy atom. The van der Waals surface area contributed by atoms with Gasteiger partial charge in [0.05, 0.1) is 0 Å². The summed E-state index contributed by atoms with van der Waals surface area (Å²) in [6, 6.07) is 7.42. The fourth-order valence-electron chi connectivity index (χ4n) is 2.38. The van der Waals surface area contributed by atoms with Crippen LogP contribution in [0.4, 0.5) is 4.79 Å². The van der Waals surface area contributed by atoms with Crippen molar-refractivity contribution in [2.75, 3.05) is 13.1 Å². The summed E-state index contributed by atoms with van der Waals surface area (Å²) in [6.45, 7) is 0.970. The average molecular weight is 293 g/mol. The highest BCUT2D eigenvalue weighted by Gasteiger charge is 2.23. The van der Waals surface area contributed by atoms with Crippen molar-refractivity contribution >= 4 is 12.1 Å². The van der Waals surface area contributed by atoms with Crippen molar-refractivity contribution in [3.05, 3.63) is 29.8 Å². The first-order chi connectivity index (χ1) is 10.0. The zero-order valence-corrected chi connectivity index (χ0v) is 11.7. The molecule has 0 bridgehead atoms. The lowest BCUT2D eigenvalue weighted by Crippen LogP contribution is -2.41. The molecule has 1 aliphatic heterocycles. The lowest BCUT2D eigenvalue weighted by molar-refractivity contribution is -0.136. The normalized spacial score (nSPS) is 15.7. The van der Waals surface area contributed by atoms with Crippen molar-refractivity contribution in [3.8, 4) is 5.75 Å². The number of likely N-dealkylation sites (tertiary alicyclic amines) is 1. The van der Waals surface area contributed by atoms with Gasteiger partial charge in [-0.25, -0.2) is 4.79 Å². The maximum atomic E-state index is 10.8. The van der Waals surface area contributed by atoms with Gasteiger partial charge in [-0.2, -0.15) is 0 Å². The van der Waals surface area contributed by atoms with Crippen molar-refractivity contribution in [3.63, 3.8) is 0 Å². The molecule has 0 atom stereocenters. The molecule has 2 N–H and O–H groups in total. The average Bonchev–Trinajstić information content (AvgIpc) is 2.46. The number of benzene rings is 1. The minimum Gasteiger partial charge on any atom is -0.490 e. The molecule has 1 aromatic carbocycles. The van der Waals surface area contributed by atoms with E-state index in [1.165, 1.54) is 4.90 Å². The third-order valence-electron chi connectivity index (χ3n) is 3.54. The Bertz CT molecular complexity index is 509. The van der Waals surface area contributed by atoms with Crippen molar-refractivity contribution in [2.45, 2.75) is 31.8 Å². The number of ether oxygens (including phenoxy) is 1. The van der Waals surface area contributed by atoms with Crippen molar-refractivity contribution in [1.29, 1.82) is 0 Å². The summed E-state index contributed by atoms with van der Waals surface area (Å²) in [7, 11) is 0. The van der Waals surface area contributed by atoms with E-state index in [9.17, 15) is 9.59 Å². The van der Waals surface area contributed by atoms with Crippen LogP contribution in [0.3, 0.4) is 0 Å². The summed E-state index contributed by atoms with van der Waals surface area (Å²) in [4.78, 5) is 22.8. The number of carboxylic acid groups (broad SMARTS) is 2. The Morgan fingerprint density at radius 1 is 1.24 bits per heavy atom. The summed E-state index contributed by atoms with van der Waals surface area (Å²) in [5, 5.41) is 17.6. The molecule has 0 radical (unpaired) electrons. The largest absolute Gasteiger partial charge is 0.490 e. The van der Waals surface area contributed by atoms with Crippen LogP contribution < -0.4 is 4.74 Å². The Kier molecular flexibility index (Phi) is 5.03. The molecule has 1 aliphatic rings. The van der Waals surface area contributed by atoms with Gasteiger partial charge >= 0.3 is 12.1 Å². The van der Waals surface area contributed by atoms with E-state index in [1.54, 1.807) is 0 Å². The van der Waals surface area contributed by atoms with Crippen LogP contribution in [0.25, 0.3) is 0 Å². The first-order valence-corrected chi connectivity index (χ1v) is 7.00. The molecule has 1 aromatic rings. The van der Waals surface area contributed by atoms with Crippen LogP contribution in [0.2, 0.25) is 0 Å². The van der Waals surface area contributed by atoms with Gasteiger partial charge in [-0.3, -0.25) is 4.79 Å². The number of amides is 1. The number of hydrogen-bond donors (Lipinski definition) is 2. The Hall–Kier alpha value is -2.24. The maximum Gasteiger partial charge on any atom is 0.407 e. The summed E-state index contributed by atoms with van der Waals surface area (Å²) in [5.74, 6) is -0.103. The van der Waals surface area contributed by atoms with E-state index >= 15 is 0 Å². The van der Waals surface area contributed by atoms with Crippen LogP contribution in [0, 0.1) is 0 Å². The zero-order chi connectivity index (χ0) is 15.2. The third-order valence-corrected chi connectivity index (χ3v) is 3.54. The number of carboxylic acids is 1. The van der Waals surface area contributed by atoms with Gasteiger partial charge in [0, 0.05) is 32.4 Å². The smallest absolute Gasteiger partial charge is 0.407 e. The summed E-state index contributed by atoms with van der Waals surface area (Å²) in [6.07, 6.45) is 1.04. The molecule has 0 spiro atoms. The zero-order valence-electron chi connectivity index (χ0n) is 11.7. The molecule has 2 rings (SSSR count). The fraction of sp³-hybridized carbons (Fsp3) is 0.467. The van der Waals surface area contributed by atoms with E-state index in [1.807, 2.05) is 24.3 Å². The Labute approximate surface area is 122 Å². The van der Waals surface area contributed by atoms with E-state index in [4.69, 9.17) is 14.9 Å². The summed E-state index contributed by atoms with van der Waals surface area (Å²) < 4.78 is 5.86. The second-order valence-corrected chi connectivity index (χ2v) is 5.13. The number of nitrogens with zero attached hydrogens (tertiary/aromatic N) is 1. The molecular formula is C15H19NO5. The van der Waals surface area contributed by atoms with Crippen LogP contribution in [0.1, 0.15) is 24.8 Å². The highest BCUT2D eigenvalue weighted by molar-refractivity contribution is 5.67. The lowest BCUT2D eigenvalue weighted by atomic mass is 10.1. The predicted molar refractivity (Wildman–Crippen MR) is 75.6 cm³/mol. The number of rotatable bonds is 5. The van der Waals surface area contributed by atoms with Crippen molar-refractivity contribution in [1.82, 2.24) is 4.90 Å². The van der Waals surface area contributed by atoms with Crippen LogP contribution >= 0.6 is 0 Å². The standard InChI is InChI=1S/C15H19NO5/c17-14(18)5-4-11-2-1-3-13(10-11)21-12-6-8-16(9-7-12)15(19)20/h1-3,10,12H,4-9H2,(H,17,18)(H,19,20). The molecule has 0 aromatic heterocycles. The first kappa shape index (κ1) is 15.2. The van der Waals surface area contributed by atoms with Gasteiger partial charge in [-0.1, -0.05) is 12.1 Å². The number of piperidine rings is 1.